The van der Waals surface area contributed by atoms with E-state index in [2.05, 4.69) is 20.8 Å². The second-order valence-corrected chi connectivity index (χ2v) is 7.52. The summed E-state index contributed by atoms with van der Waals surface area (Å²) in [5.41, 5.74) is -0.0232. The quantitative estimate of drug-likeness (QED) is 0.248. The maximum absolute atomic E-state index is 12.2. The van der Waals surface area contributed by atoms with Crippen LogP contribution < -0.4 is 0 Å². The molecule has 0 aromatic heterocycles. The van der Waals surface area contributed by atoms with Crippen LogP contribution in [0.2, 0.25) is 0 Å². The first-order valence-electron chi connectivity index (χ1n) is 10.0. The topological polar surface area (TPSA) is 71.1 Å². The molecule has 0 N–H and O–H groups in total. The minimum absolute atomic E-state index is 0.0204. The van der Waals surface area contributed by atoms with Crippen molar-refractivity contribution in [2.24, 2.45) is 17.8 Å². The summed E-state index contributed by atoms with van der Waals surface area (Å²) in [6.07, 6.45) is 4.16. The van der Waals surface area contributed by atoms with Crippen LogP contribution in [0.15, 0.2) is 11.6 Å². The van der Waals surface area contributed by atoms with E-state index in [9.17, 15) is 9.59 Å². The molecule has 1 aliphatic carbocycles. The van der Waals surface area contributed by atoms with E-state index in [1.807, 2.05) is 0 Å². The Morgan fingerprint density at radius 3 is 2.15 bits per heavy atom. The van der Waals surface area contributed by atoms with Gasteiger partial charge in [0, 0.05) is 13.7 Å². The SMILES string of the molecule is CCOC(=O)C(=CC1CC(C)C(OCCC(C)C)C(OC)C1)C(=O)OCC. The zero-order valence-corrected chi connectivity index (χ0v) is 17.7. The molecule has 0 radical (unpaired) electrons. The molecule has 0 amide bonds. The molecule has 0 spiro atoms. The van der Waals surface area contributed by atoms with Gasteiger partial charge in [-0.05, 0) is 50.9 Å². The van der Waals surface area contributed by atoms with Crippen LogP contribution in [0.1, 0.15) is 53.9 Å². The van der Waals surface area contributed by atoms with Gasteiger partial charge in [0.15, 0.2) is 0 Å². The van der Waals surface area contributed by atoms with E-state index in [1.54, 1.807) is 27.0 Å². The molecule has 1 rings (SSSR count). The summed E-state index contributed by atoms with van der Waals surface area (Å²) in [5.74, 6) is -0.389. The van der Waals surface area contributed by atoms with E-state index < -0.39 is 11.9 Å². The molecule has 1 fully saturated rings. The van der Waals surface area contributed by atoms with Crippen LogP contribution in [0.3, 0.4) is 0 Å². The molecule has 1 saturated carbocycles. The number of hydrogen-bond acceptors (Lipinski definition) is 6. The van der Waals surface area contributed by atoms with Crippen molar-refractivity contribution in [3.8, 4) is 0 Å². The summed E-state index contributed by atoms with van der Waals surface area (Å²) in [4.78, 5) is 24.4. The molecular formula is C21H36O6. The number of carbonyl (C=O) groups excluding carboxylic acids is 2. The van der Waals surface area contributed by atoms with Crippen molar-refractivity contribution in [1.29, 1.82) is 0 Å². The zero-order valence-electron chi connectivity index (χ0n) is 17.7. The number of rotatable bonds is 10. The van der Waals surface area contributed by atoms with Gasteiger partial charge in [-0.25, -0.2) is 9.59 Å². The van der Waals surface area contributed by atoms with Gasteiger partial charge in [0.25, 0.3) is 0 Å². The summed E-state index contributed by atoms with van der Waals surface area (Å²) >= 11 is 0. The van der Waals surface area contributed by atoms with Crippen molar-refractivity contribution >= 4 is 11.9 Å². The van der Waals surface area contributed by atoms with Gasteiger partial charge in [0.2, 0.25) is 0 Å². The van der Waals surface area contributed by atoms with Crippen molar-refractivity contribution in [3.05, 3.63) is 11.6 Å². The summed E-state index contributed by atoms with van der Waals surface area (Å²) in [6.45, 7) is 11.0. The fourth-order valence-electron chi connectivity index (χ4n) is 3.46. The van der Waals surface area contributed by atoms with Crippen molar-refractivity contribution < 1.29 is 28.5 Å². The Hall–Kier alpha value is -1.40. The Balaban J connectivity index is 2.88. The Labute approximate surface area is 163 Å². The van der Waals surface area contributed by atoms with Gasteiger partial charge in [-0.15, -0.1) is 0 Å². The minimum atomic E-state index is -0.632. The third-order valence-corrected chi connectivity index (χ3v) is 4.84. The fourth-order valence-corrected chi connectivity index (χ4v) is 3.46. The average molecular weight is 385 g/mol. The van der Waals surface area contributed by atoms with Gasteiger partial charge >= 0.3 is 11.9 Å². The average Bonchev–Trinajstić information content (AvgIpc) is 2.61. The predicted molar refractivity (Wildman–Crippen MR) is 103 cm³/mol. The molecule has 0 aromatic carbocycles. The molecule has 4 atom stereocenters. The van der Waals surface area contributed by atoms with Crippen LogP contribution in [0, 0.1) is 17.8 Å². The minimum Gasteiger partial charge on any atom is -0.462 e. The van der Waals surface area contributed by atoms with E-state index in [1.165, 1.54) is 0 Å². The first-order chi connectivity index (χ1) is 12.8. The molecule has 0 bridgehead atoms. The third-order valence-electron chi connectivity index (χ3n) is 4.84. The molecule has 6 heteroatoms. The maximum atomic E-state index is 12.2. The Kier molecular flexibility index (Phi) is 10.6. The van der Waals surface area contributed by atoms with E-state index in [-0.39, 0.29) is 42.8 Å². The van der Waals surface area contributed by atoms with Gasteiger partial charge in [0.05, 0.1) is 25.4 Å². The molecule has 4 unspecified atom stereocenters. The highest BCUT2D eigenvalue weighted by molar-refractivity contribution is 6.14. The zero-order chi connectivity index (χ0) is 20.4. The summed E-state index contributed by atoms with van der Waals surface area (Å²) in [6, 6.07) is 0. The van der Waals surface area contributed by atoms with E-state index in [0.717, 1.165) is 12.8 Å². The van der Waals surface area contributed by atoms with Gasteiger partial charge in [0.1, 0.15) is 5.57 Å². The lowest BCUT2D eigenvalue weighted by Crippen LogP contribution is -2.43. The van der Waals surface area contributed by atoms with Crippen molar-refractivity contribution in [3.63, 3.8) is 0 Å². The van der Waals surface area contributed by atoms with E-state index >= 15 is 0 Å². The lowest BCUT2D eigenvalue weighted by molar-refractivity contribution is -0.146. The Morgan fingerprint density at radius 2 is 1.67 bits per heavy atom. The number of ether oxygens (including phenoxy) is 4. The summed E-state index contributed by atoms with van der Waals surface area (Å²) < 4.78 is 21.8. The van der Waals surface area contributed by atoms with Crippen LogP contribution in [-0.4, -0.2) is 51.1 Å². The number of allylic oxidation sites excluding steroid dienone is 1. The molecule has 156 valence electrons. The van der Waals surface area contributed by atoms with Crippen LogP contribution in [-0.2, 0) is 28.5 Å². The second-order valence-electron chi connectivity index (χ2n) is 7.52. The molecule has 6 nitrogen and oxygen atoms in total. The van der Waals surface area contributed by atoms with Crippen molar-refractivity contribution in [2.45, 2.75) is 66.1 Å². The highest BCUT2D eigenvalue weighted by Crippen LogP contribution is 2.34. The smallest absolute Gasteiger partial charge is 0.345 e. The van der Waals surface area contributed by atoms with E-state index in [0.29, 0.717) is 18.9 Å². The summed E-state index contributed by atoms with van der Waals surface area (Å²) in [7, 11) is 1.68. The van der Waals surface area contributed by atoms with Gasteiger partial charge in [-0.3, -0.25) is 0 Å². The maximum Gasteiger partial charge on any atom is 0.345 e. The molecule has 0 aromatic rings. The molecule has 1 aliphatic rings. The highest BCUT2D eigenvalue weighted by Gasteiger charge is 2.37. The molecule has 0 saturated heterocycles. The first-order valence-corrected chi connectivity index (χ1v) is 10.0. The molecule has 27 heavy (non-hydrogen) atoms. The van der Waals surface area contributed by atoms with Crippen LogP contribution in [0.5, 0.6) is 0 Å². The molecule has 0 heterocycles. The third kappa shape index (κ3) is 7.62. The lowest BCUT2D eigenvalue weighted by atomic mass is 9.77. The van der Waals surface area contributed by atoms with Crippen molar-refractivity contribution in [2.75, 3.05) is 26.9 Å². The molecular weight excluding hydrogens is 348 g/mol. The largest absolute Gasteiger partial charge is 0.462 e. The number of methoxy groups -OCH3 is 1. The Bertz CT molecular complexity index is 479. The number of hydrogen-bond donors (Lipinski definition) is 0. The summed E-state index contributed by atoms with van der Waals surface area (Å²) in [5, 5.41) is 0. The van der Waals surface area contributed by atoms with Gasteiger partial charge in [-0.1, -0.05) is 26.8 Å². The monoisotopic (exact) mass is 384 g/mol. The van der Waals surface area contributed by atoms with Crippen LogP contribution in [0.4, 0.5) is 0 Å². The van der Waals surface area contributed by atoms with Crippen molar-refractivity contribution in [1.82, 2.24) is 0 Å². The highest BCUT2D eigenvalue weighted by atomic mass is 16.6. The predicted octanol–water partition coefficient (Wildman–Crippen LogP) is 3.53. The lowest BCUT2D eigenvalue weighted by Gasteiger charge is -2.39. The molecule has 0 aliphatic heterocycles. The van der Waals surface area contributed by atoms with Gasteiger partial charge in [-0.2, -0.15) is 0 Å². The second kappa shape index (κ2) is 12.1. The standard InChI is InChI=1S/C21H36O6/c1-7-25-20(22)17(21(23)26-8-2)12-16-11-15(5)19(18(13-16)24-6)27-10-9-14(3)4/h12,14-16,18-19H,7-11,13H2,1-6H3. The number of carbonyl (C=O) groups is 2. The van der Waals surface area contributed by atoms with E-state index in [4.69, 9.17) is 18.9 Å². The normalized spacial score (nSPS) is 25.1. The first kappa shape index (κ1) is 23.6. The van der Waals surface area contributed by atoms with Crippen LogP contribution in [0.25, 0.3) is 0 Å². The van der Waals surface area contributed by atoms with Gasteiger partial charge < -0.3 is 18.9 Å². The fraction of sp³-hybridized carbons (Fsp3) is 0.810. The van der Waals surface area contributed by atoms with Crippen LogP contribution >= 0.6 is 0 Å². The number of esters is 2. The Morgan fingerprint density at radius 1 is 1.07 bits per heavy atom.